The molecule has 2 N–H and O–H groups in total. The third kappa shape index (κ3) is 5.21. The molecule has 18 heavy (non-hydrogen) atoms. The quantitative estimate of drug-likeness (QED) is 0.590. The van der Waals surface area contributed by atoms with Crippen molar-refractivity contribution in [3.63, 3.8) is 0 Å². The Morgan fingerprint density at radius 1 is 1.56 bits per heavy atom. The predicted octanol–water partition coefficient (Wildman–Crippen LogP) is 2.47. The van der Waals surface area contributed by atoms with Crippen LogP contribution in [0.4, 0.5) is 0 Å². The molecule has 0 unspecified atom stereocenters. The predicted molar refractivity (Wildman–Crippen MR) is 71.1 cm³/mol. The minimum absolute atomic E-state index is 0.497. The molecule has 0 fully saturated rings. The first kappa shape index (κ1) is 14.5. The maximum Gasteiger partial charge on any atom is 0.328 e. The second kappa shape index (κ2) is 7.74. The SMILES string of the molecule is CCOc1ccc(CNC/C=C/C(=O)O)cc1Cl. The van der Waals surface area contributed by atoms with Gasteiger partial charge in [0, 0.05) is 19.2 Å². The molecule has 4 nitrogen and oxygen atoms in total. The van der Waals surface area contributed by atoms with Gasteiger partial charge in [0.15, 0.2) is 0 Å². The van der Waals surface area contributed by atoms with Crippen molar-refractivity contribution in [2.75, 3.05) is 13.2 Å². The van der Waals surface area contributed by atoms with Crippen molar-refractivity contribution < 1.29 is 14.6 Å². The van der Waals surface area contributed by atoms with Gasteiger partial charge in [0.05, 0.1) is 11.6 Å². The zero-order valence-electron chi connectivity index (χ0n) is 10.1. The van der Waals surface area contributed by atoms with Crippen molar-refractivity contribution in [1.29, 1.82) is 0 Å². The molecule has 0 aromatic heterocycles. The molecule has 0 bridgehead atoms. The van der Waals surface area contributed by atoms with Gasteiger partial charge >= 0.3 is 5.97 Å². The zero-order chi connectivity index (χ0) is 13.4. The minimum atomic E-state index is -0.944. The summed E-state index contributed by atoms with van der Waals surface area (Å²) >= 11 is 6.05. The molecule has 5 heteroatoms. The molecule has 0 saturated heterocycles. The van der Waals surface area contributed by atoms with E-state index in [2.05, 4.69) is 5.32 Å². The number of ether oxygens (including phenoxy) is 1. The van der Waals surface area contributed by atoms with Crippen LogP contribution in [-0.4, -0.2) is 24.2 Å². The van der Waals surface area contributed by atoms with Gasteiger partial charge in [0.25, 0.3) is 0 Å². The van der Waals surface area contributed by atoms with Gasteiger partial charge in [-0.15, -0.1) is 0 Å². The summed E-state index contributed by atoms with van der Waals surface area (Å²) in [5.74, 6) is -0.269. The van der Waals surface area contributed by atoms with E-state index in [9.17, 15) is 4.79 Å². The summed E-state index contributed by atoms with van der Waals surface area (Å²) in [6.07, 6.45) is 2.66. The Kier molecular flexibility index (Phi) is 6.25. The molecule has 1 aromatic carbocycles. The monoisotopic (exact) mass is 269 g/mol. The van der Waals surface area contributed by atoms with Crippen LogP contribution in [0.1, 0.15) is 12.5 Å². The van der Waals surface area contributed by atoms with E-state index in [-0.39, 0.29) is 0 Å². The van der Waals surface area contributed by atoms with Crippen LogP contribution in [0.2, 0.25) is 5.02 Å². The van der Waals surface area contributed by atoms with Crippen molar-refractivity contribution in [3.8, 4) is 5.75 Å². The Morgan fingerprint density at radius 3 is 2.94 bits per heavy atom. The molecule has 1 rings (SSSR count). The molecule has 0 radical (unpaired) electrons. The highest BCUT2D eigenvalue weighted by Crippen LogP contribution is 2.25. The highest BCUT2D eigenvalue weighted by atomic mass is 35.5. The Balaban J connectivity index is 2.43. The first-order valence-electron chi connectivity index (χ1n) is 5.65. The molecular weight excluding hydrogens is 254 g/mol. The average Bonchev–Trinajstić information content (AvgIpc) is 2.32. The van der Waals surface area contributed by atoms with Crippen LogP contribution in [0.5, 0.6) is 5.75 Å². The number of carboxylic acid groups (broad SMARTS) is 1. The average molecular weight is 270 g/mol. The van der Waals surface area contributed by atoms with Gasteiger partial charge in [-0.2, -0.15) is 0 Å². The maximum absolute atomic E-state index is 10.2. The van der Waals surface area contributed by atoms with E-state index < -0.39 is 5.97 Å². The van der Waals surface area contributed by atoms with Gasteiger partial charge in [-0.05, 0) is 24.6 Å². The van der Waals surface area contributed by atoms with E-state index in [0.29, 0.717) is 30.5 Å². The Bertz CT molecular complexity index is 432. The van der Waals surface area contributed by atoms with Crippen molar-refractivity contribution in [2.24, 2.45) is 0 Å². The number of carboxylic acids is 1. The van der Waals surface area contributed by atoms with Crippen LogP contribution in [0.3, 0.4) is 0 Å². The molecule has 0 aliphatic carbocycles. The molecule has 0 aliphatic rings. The van der Waals surface area contributed by atoms with Gasteiger partial charge < -0.3 is 15.2 Å². The lowest BCUT2D eigenvalue weighted by atomic mass is 10.2. The van der Waals surface area contributed by atoms with E-state index in [0.717, 1.165) is 11.6 Å². The number of aliphatic carboxylic acids is 1. The summed E-state index contributed by atoms with van der Waals surface area (Å²) in [5, 5.41) is 12.1. The number of hydrogen-bond acceptors (Lipinski definition) is 3. The molecule has 0 amide bonds. The molecular formula is C13H16ClNO3. The second-order valence-corrected chi connectivity index (χ2v) is 3.98. The molecule has 0 atom stereocenters. The number of halogens is 1. The maximum atomic E-state index is 10.2. The topological polar surface area (TPSA) is 58.6 Å². The molecule has 98 valence electrons. The second-order valence-electron chi connectivity index (χ2n) is 3.57. The Morgan fingerprint density at radius 2 is 2.33 bits per heavy atom. The summed E-state index contributed by atoms with van der Waals surface area (Å²) in [6, 6.07) is 5.58. The highest BCUT2D eigenvalue weighted by Gasteiger charge is 2.01. The lowest BCUT2D eigenvalue weighted by Gasteiger charge is -2.08. The molecule has 0 spiro atoms. The first-order chi connectivity index (χ1) is 8.63. The van der Waals surface area contributed by atoms with Crippen molar-refractivity contribution in [3.05, 3.63) is 40.9 Å². The molecule has 0 heterocycles. The van der Waals surface area contributed by atoms with Crippen LogP contribution in [0, 0.1) is 0 Å². The molecule has 1 aromatic rings. The van der Waals surface area contributed by atoms with Crippen LogP contribution in [-0.2, 0) is 11.3 Å². The lowest BCUT2D eigenvalue weighted by Crippen LogP contribution is -2.13. The number of benzene rings is 1. The van der Waals surface area contributed by atoms with Gasteiger partial charge in [-0.3, -0.25) is 0 Å². The van der Waals surface area contributed by atoms with Crippen molar-refractivity contribution >= 4 is 17.6 Å². The third-order valence-corrected chi connectivity index (χ3v) is 2.44. The van der Waals surface area contributed by atoms with Gasteiger partial charge in [-0.1, -0.05) is 23.7 Å². The van der Waals surface area contributed by atoms with Crippen LogP contribution >= 0.6 is 11.6 Å². The lowest BCUT2D eigenvalue weighted by molar-refractivity contribution is -0.131. The summed E-state index contributed by atoms with van der Waals surface area (Å²) in [4.78, 5) is 10.2. The van der Waals surface area contributed by atoms with E-state index >= 15 is 0 Å². The van der Waals surface area contributed by atoms with E-state index in [1.165, 1.54) is 0 Å². The highest BCUT2D eigenvalue weighted by molar-refractivity contribution is 6.32. The normalized spacial score (nSPS) is 10.8. The van der Waals surface area contributed by atoms with Gasteiger partial charge in [-0.25, -0.2) is 4.79 Å². The number of hydrogen-bond donors (Lipinski definition) is 2. The third-order valence-electron chi connectivity index (χ3n) is 2.15. The van der Waals surface area contributed by atoms with E-state index in [1.54, 1.807) is 6.08 Å². The van der Waals surface area contributed by atoms with Crippen LogP contribution in [0.15, 0.2) is 30.4 Å². The van der Waals surface area contributed by atoms with Gasteiger partial charge in [0.2, 0.25) is 0 Å². The standard InChI is InChI=1S/C13H16ClNO3/c1-2-18-12-6-5-10(8-11(12)14)9-15-7-3-4-13(16)17/h3-6,8,15H,2,7,9H2,1H3,(H,16,17)/b4-3+. The Labute approximate surface area is 111 Å². The first-order valence-corrected chi connectivity index (χ1v) is 6.02. The van der Waals surface area contributed by atoms with Crippen LogP contribution in [0.25, 0.3) is 0 Å². The fourth-order valence-electron chi connectivity index (χ4n) is 1.39. The summed E-state index contributed by atoms with van der Waals surface area (Å²) in [7, 11) is 0. The number of rotatable bonds is 7. The van der Waals surface area contributed by atoms with E-state index in [1.807, 2.05) is 25.1 Å². The largest absolute Gasteiger partial charge is 0.492 e. The van der Waals surface area contributed by atoms with Gasteiger partial charge in [0.1, 0.15) is 5.75 Å². The van der Waals surface area contributed by atoms with Crippen molar-refractivity contribution in [1.82, 2.24) is 5.32 Å². The molecule has 0 saturated carbocycles. The zero-order valence-corrected chi connectivity index (χ0v) is 10.9. The minimum Gasteiger partial charge on any atom is -0.492 e. The summed E-state index contributed by atoms with van der Waals surface area (Å²) < 4.78 is 5.33. The summed E-state index contributed by atoms with van der Waals surface area (Å²) in [6.45, 7) is 3.60. The Hall–Kier alpha value is -1.52. The number of carbonyl (C=O) groups is 1. The fraction of sp³-hybridized carbons (Fsp3) is 0.308. The fourth-order valence-corrected chi connectivity index (χ4v) is 1.64. The summed E-state index contributed by atoms with van der Waals surface area (Å²) in [5.41, 5.74) is 1.02. The van der Waals surface area contributed by atoms with E-state index in [4.69, 9.17) is 21.4 Å². The smallest absolute Gasteiger partial charge is 0.328 e. The van der Waals surface area contributed by atoms with Crippen LogP contribution < -0.4 is 10.1 Å². The number of nitrogens with one attached hydrogen (secondary N) is 1. The van der Waals surface area contributed by atoms with Crippen molar-refractivity contribution in [2.45, 2.75) is 13.5 Å². The molecule has 0 aliphatic heterocycles.